The highest BCUT2D eigenvalue weighted by molar-refractivity contribution is 5.87. The van der Waals surface area contributed by atoms with Crippen LogP contribution in [0.4, 0.5) is 8.78 Å². The van der Waals surface area contributed by atoms with E-state index in [2.05, 4.69) is 6.07 Å². The standard InChI is InChI=1S/C21H24F2N2O2/c22-19(23)21(6-3-7-21)20(27)25-11-14-9-24(10-15(14)12-25)18(26)17-8-13-4-1-2-5-16(13)17/h1-2,4-5,14-15,17,19H,3,6-12H2/t14-,15+,17?. The molecular formula is C21H24F2N2O2. The van der Waals surface area contributed by atoms with Crippen LogP contribution in [0.1, 0.15) is 36.3 Å². The lowest BCUT2D eigenvalue weighted by Crippen LogP contribution is -2.52. The molecule has 2 amide bonds. The first-order chi connectivity index (χ1) is 13.0. The number of carbonyl (C=O) groups is 2. The van der Waals surface area contributed by atoms with Gasteiger partial charge in [-0.05, 0) is 30.4 Å². The van der Waals surface area contributed by atoms with Gasteiger partial charge in [0.2, 0.25) is 11.8 Å². The van der Waals surface area contributed by atoms with Gasteiger partial charge in [0, 0.05) is 38.0 Å². The van der Waals surface area contributed by atoms with Gasteiger partial charge >= 0.3 is 0 Å². The Bertz CT molecular complexity index is 778. The summed E-state index contributed by atoms with van der Waals surface area (Å²) in [5, 5.41) is 0. The van der Waals surface area contributed by atoms with E-state index in [1.54, 1.807) is 4.90 Å². The molecule has 1 unspecified atom stereocenters. The number of halogens is 2. The molecule has 2 aliphatic heterocycles. The molecular weight excluding hydrogens is 350 g/mol. The van der Waals surface area contributed by atoms with Gasteiger partial charge in [-0.2, -0.15) is 0 Å². The molecule has 27 heavy (non-hydrogen) atoms. The fraction of sp³-hybridized carbons (Fsp3) is 0.619. The van der Waals surface area contributed by atoms with Gasteiger partial charge in [0.25, 0.3) is 6.43 Å². The molecule has 1 aromatic carbocycles. The van der Waals surface area contributed by atoms with Crippen molar-refractivity contribution in [2.24, 2.45) is 17.3 Å². The van der Waals surface area contributed by atoms with Crippen molar-refractivity contribution in [2.75, 3.05) is 26.2 Å². The molecule has 6 heteroatoms. The van der Waals surface area contributed by atoms with Crippen LogP contribution in [-0.2, 0) is 16.0 Å². The fourth-order valence-electron chi connectivity index (χ4n) is 5.44. The van der Waals surface area contributed by atoms with Crippen molar-refractivity contribution in [1.29, 1.82) is 0 Å². The number of nitrogens with zero attached hydrogens (tertiary/aromatic N) is 2. The lowest BCUT2D eigenvalue weighted by atomic mass is 9.68. The summed E-state index contributed by atoms with van der Waals surface area (Å²) < 4.78 is 26.9. The van der Waals surface area contributed by atoms with E-state index in [-0.39, 0.29) is 29.6 Å². The molecule has 144 valence electrons. The van der Waals surface area contributed by atoms with E-state index in [9.17, 15) is 18.4 Å². The van der Waals surface area contributed by atoms with Crippen LogP contribution in [0.25, 0.3) is 0 Å². The zero-order chi connectivity index (χ0) is 18.8. The van der Waals surface area contributed by atoms with E-state index in [1.165, 1.54) is 5.56 Å². The molecule has 0 N–H and O–H groups in total. The topological polar surface area (TPSA) is 40.6 Å². The minimum Gasteiger partial charge on any atom is -0.341 e. The van der Waals surface area contributed by atoms with Gasteiger partial charge in [0.15, 0.2) is 0 Å². The largest absolute Gasteiger partial charge is 0.341 e. The van der Waals surface area contributed by atoms with Crippen molar-refractivity contribution in [3.63, 3.8) is 0 Å². The van der Waals surface area contributed by atoms with Crippen molar-refractivity contribution in [3.8, 4) is 0 Å². The molecule has 2 saturated heterocycles. The number of carbonyl (C=O) groups excluding carboxylic acids is 2. The molecule has 0 bridgehead atoms. The molecule has 1 aromatic rings. The highest BCUT2D eigenvalue weighted by Crippen LogP contribution is 2.48. The normalized spacial score (nSPS) is 30.6. The lowest BCUT2D eigenvalue weighted by molar-refractivity contribution is -0.161. The first-order valence-corrected chi connectivity index (χ1v) is 9.94. The molecule has 2 heterocycles. The van der Waals surface area contributed by atoms with E-state index >= 15 is 0 Å². The highest BCUT2D eigenvalue weighted by Gasteiger charge is 2.56. The number of hydrogen-bond donors (Lipinski definition) is 0. The Labute approximate surface area is 157 Å². The SMILES string of the molecule is O=C(C1Cc2ccccc21)N1C[C@@H]2CN(C(=O)C3(C(F)F)CCC3)C[C@@H]2C1. The number of likely N-dealkylation sites (tertiary alicyclic amines) is 2. The van der Waals surface area contributed by atoms with Gasteiger partial charge in [-0.1, -0.05) is 30.7 Å². The number of rotatable bonds is 3. The number of benzene rings is 1. The van der Waals surface area contributed by atoms with Gasteiger partial charge in [0.05, 0.1) is 5.92 Å². The maximum Gasteiger partial charge on any atom is 0.252 e. The fourth-order valence-corrected chi connectivity index (χ4v) is 5.44. The predicted octanol–water partition coefficient (Wildman–Crippen LogP) is 2.68. The minimum absolute atomic E-state index is 0.0326. The van der Waals surface area contributed by atoms with Gasteiger partial charge in [-0.3, -0.25) is 9.59 Å². The van der Waals surface area contributed by atoms with Crippen LogP contribution < -0.4 is 0 Å². The Morgan fingerprint density at radius 3 is 2.19 bits per heavy atom. The molecule has 1 saturated carbocycles. The molecule has 3 fully saturated rings. The maximum absolute atomic E-state index is 13.5. The smallest absolute Gasteiger partial charge is 0.252 e. The predicted molar refractivity (Wildman–Crippen MR) is 95.3 cm³/mol. The monoisotopic (exact) mass is 374 g/mol. The van der Waals surface area contributed by atoms with Crippen LogP contribution in [0.3, 0.4) is 0 Å². The quantitative estimate of drug-likeness (QED) is 0.816. The third-order valence-corrected chi connectivity index (χ3v) is 7.33. The zero-order valence-corrected chi connectivity index (χ0v) is 15.2. The molecule has 4 nitrogen and oxygen atoms in total. The average Bonchev–Trinajstić information content (AvgIpc) is 3.13. The third-order valence-electron chi connectivity index (χ3n) is 7.33. The molecule has 0 aromatic heterocycles. The molecule has 3 atom stereocenters. The Balaban J connectivity index is 1.22. The second kappa shape index (κ2) is 6.01. The van der Waals surface area contributed by atoms with Crippen molar-refractivity contribution in [1.82, 2.24) is 9.80 Å². The first kappa shape index (κ1) is 17.1. The van der Waals surface area contributed by atoms with Gasteiger partial charge in [0.1, 0.15) is 5.41 Å². The molecule has 0 spiro atoms. The Kier molecular flexibility index (Phi) is 3.82. The number of alkyl halides is 2. The Morgan fingerprint density at radius 2 is 1.63 bits per heavy atom. The number of amides is 2. The van der Waals surface area contributed by atoms with Gasteiger partial charge in [-0.25, -0.2) is 8.78 Å². The molecule has 4 aliphatic rings. The van der Waals surface area contributed by atoms with E-state index in [4.69, 9.17) is 0 Å². The van der Waals surface area contributed by atoms with Crippen molar-refractivity contribution >= 4 is 11.8 Å². The van der Waals surface area contributed by atoms with Crippen LogP contribution in [0, 0.1) is 17.3 Å². The van der Waals surface area contributed by atoms with Crippen molar-refractivity contribution < 1.29 is 18.4 Å². The Morgan fingerprint density at radius 1 is 1.00 bits per heavy atom. The minimum atomic E-state index is -2.57. The van der Waals surface area contributed by atoms with E-state index in [0.29, 0.717) is 45.4 Å². The summed E-state index contributed by atoms with van der Waals surface area (Å²) in [4.78, 5) is 29.2. The van der Waals surface area contributed by atoms with Crippen LogP contribution in [0.15, 0.2) is 24.3 Å². The average molecular weight is 374 g/mol. The van der Waals surface area contributed by atoms with E-state index in [0.717, 1.165) is 12.0 Å². The summed E-state index contributed by atoms with van der Waals surface area (Å²) >= 11 is 0. The maximum atomic E-state index is 13.5. The van der Waals surface area contributed by atoms with Gasteiger partial charge in [-0.15, -0.1) is 0 Å². The summed E-state index contributed by atoms with van der Waals surface area (Å²) in [6.07, 6.45) is -0.442. The highest BCUT2D eigenvalue weighted by atomic mass is 19.3. The first-order valence-electron chi connectivity index (χ1n) is 9.94. The van der Waals surface area contributed by atoms with Crippen LogP contribution in [-0.4, -0.2) is 54.2 Å². The van der Waals surface area contributed by atoms with Crippen LogP contribution in [0.5, 0.6) is 0 Å². The van der Waals surface area contributed by atoms with Crippen LogP contribution in [0.2, 0.25) is 0 Å². The van der Waals surface area contributed by atoms with Crippen molar-refractivity contribution in [3.05, 3.63) is 35.4 Å². The summed E-state index contributed by atoms with van der Waals surface area (Å²) in [5.41, 5.74) is 0.967. The van der Waals surface area contributed by atoms with E-state index in [1.807, 2.05) is 23.1 Å². The number of hydrogen-bond acceptors (Lipinski definition) is 2. The summed E-state index contributed by atoms with van der Waals surface area (Å²) in [5.74, 6) is 0.244. The Hall–Kier alpha value is -1.98. The lowest BCUT2D eigenvalue weighted by Gasteiger charge is -2.42. The third kappa shape index (κ3) is 2.44. The summed E-state index contributed by atoms with van der Waals surface area (Å²) in [7, 11) is 0. The summed E-state index contributed by atoms with van der Waals surface area (Å²) in [6, 6.07) is 8.07. The second-order valence-electron chi connectivity index (χ2n) is 8.74. The summed E-state index contributed by atoms with van der Waals surface area (Å²) in [6.45, 7) is 2.33. The molecule has 5 rings (SSSR count). The number of fused-ring (bicyclic) bond motifs is 2. The molecule has 0 radical (unpaired) electrons. The molecule has 2 aliphatic carbocycles. The zero-order valence-electron chi connectivity index (χ0n) is 15.2. The van der Waals surface area contributed by atoms with Crippen molar-refractivity contribution in [2.45, 2.75) is 38.0 Å². The van der Waals surface area contributed by atoms with Gasteiger partial charge < -0.3 is 9.80 Å². The second-order valence-corrected chi connectivity index (χ2v) is 8.74. The van der Waals surface area contributed by atoms with E-state index < -0.39 is 11.8 Å². The van der Waals surface area contributed by atoms with Crippen LogP contribution >= 0.6 is 0 Å².